The molecule has 0 unspecified atom stereocenters. The SMILES string of the molecule is C.O=C(O)C(=O)c1ccc(O)cc1O. The van der Waals surface area contributed by atoms with Gasteiger partial charge in [0, 0.05) is 6.07 Å². The third-order valence-corrected chi connectivity index (χ3v) is 1.42. The molecule has 0 saturated heterocycles. The fourth-order valence-corrected chi connectivity index (χ4v) is 0.827. The van der Waals surface area contributed by atoms with Crippen LogP contribution < -0.4 is 0 Å². The number of aliphatic carboxylic acids is 1. The lowest BCUT2D eigenvalue weighted by atomic mass is 10.1. The standard InChI is InChI=1S/C8H6O5.CH4/c9-4-1-2-5(6(10)3-4)7(11)8(12)13;/h1-3,9-10H,(H,12,13);1H4. The van der Waals surface area contributed by atoms with Crippen LogP contribution in [0.3, 0.4) is 0 Å². The summed E-state index contributed by atoms with van der Waals surface area (Å²) in [5.74, 6) is -3.65. The first kappa shape index (κ1) is 12.0. The number of carbonyl (C=O) groups excluding carboxylic acids is 1. The molecule has 0 heterocycles. The molecule has 0 bridgehead atoms. The number of hydrogen-bond acceptors (Lipinski definition) is 4. The summed E-state index contributed by atoms with van der Waals surface area (Å²) < 4.78 is 0. The number of rotatable bonds is 2. The van der Waals surface area contributed by atoms with E-state index in [1.807, 2.05) is 0 Å². The lowest BCUT2D eigenvalue weighted by molar-refractivity contribution is -0.131. The van der Waals surface area contributed by atoms with Crippen LogP contribution in [0.25, 0.3) is 0 Å². The smallest absolute Gasteiger partial charge is 0.377 e. The predicted octanol–water partition coefficient (Wildman–Crippen LogP) is 1.00. The lowest BCUT2D eigenvalue weighted by Crippen LogP contribution is -2.12. The second-order valence-electron chi connectivity index (χ2n) is 2.34. The van der Waals surface area contributed by atoms with E-state index in [0.717, 1.165) is 18.2 Å². The Hall–Kier alpha value is -2.04. The molecular formula is C9H10O5. The molecule has 0 aliphatic heterocycles. The number of hydrogen-bond donors (Lipinski definition) is 3. The fourth-order valence-electron chi connectivity index (χ4n) is 0.827. The lowest BCUT2D eigenvalue weighted by Gasteiger charge is -1.99. The zero-order valence-corrected chi connectivity index (χ0v) is 6.39. The third-order valence-electron chi connectivity index (χ3n) is 1.42. The molecule has 0 aliphatic rings. The Morgan fingerprint density at radius 2 is 1.71 bits per heavy atom. The monoisotopic (exact) mass is 198 g/mol. The van der Waals surface area contributed by atoms with E-state index in [2.05, 4.69) is 0 Å². The summed E-state index contributed by atoms with van der Waals surface area (Å²) in [4.78, 5) is 21.0. The van der Waals surface area contributed by atoms with Crippen molar-refractivity contribution in [1.82, 2.24) is 0 Å². The number of phenols is 2. The maximum Gasteiger partial charge on any atom is 0.377 e. The predicted molar refractivity (Wildman–Crippen MR) is 48.5 cm³/mol. The van der Waals surface area contributed by atoms with E-state index in [1.165, 1.54) is 0 Å². The molecule has 76 valence electrons. The molecule has 5 nitrogen and oxygen atoms in total. The van der Waals surface area contributed by atoms with Gasteiger partial charge in [0.05, 0.1) is 5.56 Å². The highest BCUT2D eigenvalue weighted by atomic mass is 16.4. The Balaban J connectivity index is 0.00000169. The van der Waals surface area contributed by atoms with Gasteiger partial charge in [-0.1, -0.05) is 7.43 Å². The normalized spacial score (nSPS) is 8.86. The molecule has 0 amide bonds. The number of phenolic OH excluding ortho intramolecular Hbond substituents is 2. The number of benzene rings is 1. The number of carboxylic acids is 1. The second-order valence-corrected chi connectivity index (χ2v) is 2.34. The van der Waals surface area contributed by atoms with Gasteiger partial charge in [0.2, 0.25) is 0 Å². The maximum absolute atomic E-state index is 10.8. The quantitative estimate of drug-likeness (QED) is 0.486. The Bertz CT molecular complexity index is 369. The molecule has 0 aliphatic carbocycles. The summed E-state index contributed by atoms with van der Waals surface area (Å²) in [5, 5.41) is 26.2. The molecule has 0 aromatic heterocycles. The van der Waals surface area contributed by atoms with Crippen LogP contribution in [0.4, 0.5) is 0 Å². The van der Waals surface area contributed by atoms with E-state index in [-0.39, 0.29) is 18.7 Å². The molecule has 14 heavy (non-hydrogen) atoms. The van der Waals surface area contributed by atoms with Gasteiger partial charge in [-0.3, -0.25) is 4.79 Å². The highest BCUT2D eigenvalue weighted by molar-refractivity contribution is 6.40. The summed E-state index contributed by atoms with van der Waals surface area (Å²) in [7, 11) is 0. The van der Waals surface area contributed by atoms with Crippen molar-refractivity contribution in [2.45, 2.75) is 7.43 Å². The maximum atomic E-state index is 10.8. The van der Waals surface area contributed by atoms with Crippen LogP contribution in [0.5, 0.6) is 11.5 Å². The van der Waals surface area contributed by atoms with Crippen molar-refractivity contribution in [3.8, 4) is 11.5 Å². The van der Waals surface area contributed by atoms with Gasteiger partial charge in [0.15, 0.2) is 0 Å². The van der Waals surface area contributed by atoms with Gasteiger partial charge in [-0.2, -0.15) is 0 Å². The average Bonchev–Trinajstić information content (AvgIpc) is 2.03. The molecule has 0 spiro atoms. The van der Waals surface area contributed by atoms with Crippen LogP contribution in [0.15, 0.2) is 18.2 Å². The number of carbonyl (C=O) groups is 2. The van der Waals surface area contributed by atoms with E-state index < -0.39 is 17.5 Å². The van der Waals surface area contributed by atoms with E-state index >= 15 is 0 Å². The zero-order chi connectivity index (χ0) is 10.0. The van der Waals surface area contributed by atoms with E-state index in [0.29, 0.717) is 0 Å². The minimum absolute atomic E-state index is 0. The average molecular weight is 198 g/mol. The first-order valence-corrected chi connectivity index (χ1v) is 3.32. The summed E-state index contributed by atoms with van der Waals surface area (Å²) in [6, 6.07) is 3.06. The van der Waals surface area contributed by atoms with Crippen LogP contribution in [0, 0.1) is 0 Å². The molecule has 0 atom stereocenters. The van der Waals surface area contributed by atoms with Gasteiger partial charge in [-0.15, -0.1) is 0 Å². The van der Waals surface area contributed by atoms with Crippen molar-refractivity contribution < 1.29 is 24.9 Å². The Labute approximate surface area is 80.2 Å². The summed E-state index contributed by atoms with van der Waals surface area (Å²) in [6.45, 7) is 0. The van der Waals surface area contributed by atoms with Gasteiger partial charge in [0.25, 0.3) is 5.78 Å². The summed E-state index contributed by atoms with van der Waals surface area (Å²) in [5.41, 5.74) is -0.342. The van der Waals surface area contributed by atoms with E-state index in [9.17, 15) is 9.59 Å². The van der Waals surface area contributed by atoms with Gasteiger partial charge >= 0.3 is 5.97 Å². The van der Waals surface area contributed by atoms with Crippen LogP contribution in [0.1, 0.15) is 17.8 Å². The van der Waals surface area contributed by atoms with Crippen molar-refractivity contribution in [3.63, 3.8) is 0 Å². The van der Waals surface area contributed by atoms with Crippen LogP contribution >= 0.6 is 0 Å². The molecule has 0 saturated carbocycles. The minimum Gasteiger partial charge on any atom is -0.508 e. The first-order valence-electron chi connectivity index (χ1n) is 3.32. The van der Waals surface area contributed by atoms with Gasteiger partial charge in [-0.25, -0.2) is 4.79 Å². The molecule has 1 aromatic rings. The highest BCUT2D eigenvalue weighted by Gasteiger charge is 2.18. The molecule has 1 rings (SSSR count). The van der Waals surface area contributed by atoms with Gasteiger partial charge in [-0.05, 0) is 12.1 Å². The van der Waals surface area contributed by atoms with Crippen molar-refractivity contribution >= 4 is 11.8 Å². The Morgan fingerprint density at radius 1 is 1.14 bits per heavy atom. The van der Waals surface area contributed by atoms with Crippen molar-refractivity contribution in [1.29, 1.82) is 0 Å². The largest absolute Gasteiger partial charge is 0.508 e. The number of ketones is 1. The topological polar surface area (TPSA) is 94.8 Å². The first-order chi connectivity index (χ1) is 6.02. The van der Waals surface area contributed by atoms with Crippen LogP contribution in [-0.2, 0) is 4.79 Å². The Morgan fingerprint density at radius 3 is 2.14 bits per heavy atom. The van der Waals surface area contributed by atoms with Crippen molar-refractivity contribution in [3.05, 3.63) is 23.8 Å². The van der Waals surface area contributed by atoms with Crippen LogP contribution in [-0.4, -0.2) is 27.1 Å². The second kappa shape index (κ2) is 4.27. The highest BCUT2D eigenvalue weighted by Crippen LogP contribution is 2.22. The van der Waals surface area contributed by atoms with Gasteiger partial charge in [0.1, 0.15) is 11.5 Å². The minimum atomic E-state index is -1.65. The summed E-state index contributed by atoms with van der Waals surface area (Å²) >= 11 is 0. The fraction of sp³-hybridized carbons (Fsp3) is 0.111. The van der Waals surface area contributed by atoms with Crippen molar-refractivity contribution in [2.75, 3.05) is 0 Å². The molecule has 0 fully saturated rings. The molecule has 5 heteroatoms. The van der Waals surface area contributed by atoms with Gasteiger partial charge < -0.3 is 15.3 Å². The molecule has 3 N–H and O–H groups in total. The van der Waals surface area contributed by atoms with E-state index in [4.69, 9.17) is 15.3 Å². The molecular weight excluding hydrogens is 188 g/mol. The molecule has 0 radical (unpaired) electrons. The van der Waals surface area contributed by atoms with E-state index in [1.54, 1.807) is 0 Å². The van der Waals surface area contributed by atoms with Crippen molar-refractivity contribution in [2.24, 2.45) is 0 Å². The summed E-state index contributed by atoms with van der Waals surface area (Å²) in [6.07, 6.45) is 0. The zero-order valence-electron chi connectivity index (χ0n) is 6.39. The number of aromatic hydroxyl groups is 2. The van der Waals surface area contributed by atoms with Crippen LogP contribution in [0.2, 0.25) is 0 Å². The third kappa shape index (κ3) is 2.22. The molecule has 1 aromatic carbocycles. The number of carboxylic acid groups (broad SMARTS) is 1. The Kier molecular flexibility index (Phi) is 3.65. The number of Topliss-reactive ketones (excluding diaryl/α,β-unsaturated/α-hetero) is 1.